The summed E-state index contributed by atoms with van der Waals surface area (Å²) in [6.45, 7) is 0. The van der Waals surface area contributed by atoms with Crippen molar-refractivity contribution in [1.82, 2.24) is 0 Å². The minimum Gasteiger partial charge on any atom is -0.330 e. The molecule has 0 fully saturated rings. The van der Waals surface area contributed by atoms with Gasteiger partial charge in [-0.15, -0.1) is 13.2 Å². The number of benzene rings is 1. The minimum atomic E-state index is -4.73. The van der Waals surface area contributed by atoms with E-state index in [1.807, 2.05) is 0 Å². The second kappa shape index (κ2) is 2.87. The first-order chi connectivity index (χ1) is 7.50. The average Bonchev–Trinajstić information content (AvgIpc) is 2.72. The number of rotatable bonds is 1. The van der Waals surface area contributed by atoms with E-state index in [0.29, 0.717) is 5.56 Å². The van der Waals surface area contributed by atoms with E-state index in [2.05, 4.69) is 4.74 Å². The van der Waals surface area contributed by atoms with Crippen LogP contribution in [0.2, 0.25) is 0 Å². The molecule has 0 radical (unpaired) electrons. The predicted octanol–water partition coefficient (Wildman–Crippen LogP) is 3.02. The molecule has 3 rings (SSSR count). The normalized spacial score (nSPS) is 30.8. The fraction of sp³-hybridized carbons (Fsp3) is 0.273. The molecule has 84 valence electrons. The van der Waals surface area contributed by atoms with E-state index in [1.165, 1.54) is 6.08 Å². The Balaban J connectivity index is 2.07. The number of fused-ring (bicyclic) bond motifs is 5. The minimum absolute atomic E-state index is 0.430. The number of halogens is 3. The summed E-state index contributed by atoms with van der Waals surface area (Å²) >= 11 is 0. The molecule has 2 bridgehead atoms. The Morgan fingerprint density at radius 1 is 1.25 bits per heavy atom. The predicted molar refractivity (Wildman–Crippen MR) is 48.2 cm³/mol. The number of ether oxygens (including phenoxy) is 2. The first-order valence-corrected chi connectivity index (χ1v) is 4.74. The van der Waals surface area contributed by atoms with Crippen molar-refractivity contribution in [3.05, 3.63) is 47.5 Å². The van der Waals surface area contributed by atoms with Gasteiger partial charge >= 0.3 is 6.36 Å². The Bertz CT molecular complexity index is 467. The Morgan fingerprint density at radius 2 is 2.00 bits per heavy atom. The quantitative estimate of drug-likeness (QED) is 0.688. The SMILES string of the molecule is FC(F)(F)OC12C=CC(O1)c1ccccc12. The zero-order chi connectivity index (χ0) is 11.4. The van der Waals surface area contributed by atoms with Crippen LogP contribution in [-0.2, 0) is 15.3 Å². The largest absolute Gasteiger partial charge is 0.525 e. The van der Waals surface area contributed by atoms with Gasteiger partial charge in [0, 0.05) is 5.56 Å². The molecular weight excluding hydrogens is 221 g/mol. The molecule has 0 N–H and O–H groups in total. The van der Waals surface area contributed by atoms with Crippen LogP contribution in [0, 0.1) is 0 Å². The molecule has 16 heavy (non-hydrogen) atoms. The van der Waals surface area contributed by atoms with Gasteiger partial charge in [-0.1, -0.05) is 24.3 Å². The molecule has 2 atom stereocenters. The number of hydrogen-bond acceptors (Lipinski definition) is 2. The van der Waals surface area contributed by atoms with Crippen LogP contribution < -0.4 is 0 Å². The fourth-order valence-corrected chi connectivity index (χ4v) is 2.15. The molecule has 0 amide bonds. The lowest BCUT2D eigenvalue weighted by atomic mass is 9.95. The van der Waals surface area contributed by atoms with Crippen molar-refractivity contribution in [2.45, 2.75) is 18.3 Å². The molecule has 2 nitrogen and oxygen atoms in total. The van der Waals surface area contributed by atoms with Gasteiger partial charge in [-0.2, -0.15) is 0 Å². The van der Waals surface area contributed by atoms with Gasteiger partial charge in [-0.05, 0) is 17.7 Å². The van der Waals surface area contributed by atoms with Gasteiger partial charge in [-0.3, -0.25) is 4.74 Å². The lowest BCUT2D eigenvalue weighted by Crippen LogP contribution is -2.32. The first-order valence-electron chi connectivity index (χ1n) is 4.74. The number of hydrogen-bond donors (Lipinski definition) is 0. The van der Waals surface area contributed by atoms with Crippen molar-refractivity contribution in [2.24, 2.45) is 0 Å². The van der Waals surface area contributed by atoms with E-state index in [-0.39, 0.29) is 0 Å². The third-order valence-electron chi connectivity index (χ3n) is 2.70. The summed E-state index contributed by atoms with van der Waals surface area (Å²) < 4.78 is 46.3. The van der Waals surface area contributed by atoms with Gasteiger partial charge in [0.2, 0.25) is 5.79 Å². The van der Waals surface area contributed by atoms with Crippen molar-refractivity contribution in [3.63, 3.8) is 0 Å². The summed E-state index contributed by atoms with van der Waals surface area (Å²) in [7, 11) is 0. The second-order valence-electron chi connectivity index (χ2n) is 3.70. The molecule has 0 spiro atoms. The second-order valence-corrected chi connectivity index (χ2v) is 3.70. The zero-order valence-corrected chi connectivity index (χ0v) is 7.99. The highest BCUT2D eigenvalue weighted by molar-refractivity contribution is 5.45. The third kappa shape index (κ3) is 1.28. The molecule has 0 aliphatic carbocycles. The van der Waals surface area contributed by atoms with Crippen LogP contribution in [-0.4, -0.2) is 6.36 Å². The van der Waals surface area contributed by atoms with Crippen LogP contribution >= 0.6 is 0 Å². The Morgan fingerprint density at radius 3 is 2.75 bits per heavy atom. The van der Waals surface area contributed by atoms with Gasteiger partial charge in [0.15, 0.2) is 0 Å². The van der Waals surface area contributed by atoms with Crippen LogP contribution in [0.1, 0.15) is 17.2 Å². The molecular formula is C11H7F3O2. The molecule has 1 aromatic carbocycles. The van der Waals surface area contributed by atoms with Crippen LogP contribution in [0.25, 0.3) is 0 Å². The highest BCUT2D eigenvalue weighted by Gasteiger charge is 2.53. The molecule has 0 saturated carbocycles. The molecule has 5 heteroatoms. The van der Waals surface area contributed by atoms with Crippen LogP contribution in [0.5, 0.6) is 0 Å². The van der Waals surface area contributed by atoms with Crippen LogP contribution in [0.3, 0.4) is 0 Å². The topological polar surface area (TPSA) is 18.5 Å². The molecule has 2 aliphatic rings. The molecule has 2 unspecified atom stereocenters. The maximum atomic E-state index is 12.3. The summed E-state index contributed by atoms with van der Waals surface area (Å²) in [4.78, 5) is 0. The van der Waals surface area contributed by atoms with Crippen molar-refractivity contribution >= 4 is 0 Å². The van der Waals surface area contributed by atoms with Gasteiger partial charge in [0.1, 0.15) is 6.10 Å². The van der Waals surface area contributed by atoms with Crippen molar-refractivity contribution < 1.29 is 22.6 Å². The molecule has 0 saturated heterocycles. The van der Waals surface area contributed by atoms with Gasteiger partial charge in [-0.25, -0.2) is 0 Å². The lowest BCUT2D eigenvalue weighted by Gasteiger charge is -2.25. The van der Waals surface area contributed by atoms with Crippen molar-refractivity contribution in [1.29, 1.82) is 0 Å². The Hall–Kier alpha value is -1.33. The van der Waals surface area contributed by atoms with Gasteiger partial charge in [0.05, 0.1) is 0 Å². The van der Waals surface area contributed by atoms with Gasteiger partial charge < -0.3 is 4.74 Å². The molecule has 0 aromatic heterocycles. The fourth-order valence-electron chi connectivity index (χ4n) is 2.15. The first kappa shape index (κ1) is 9.86. The molecule has 2 aliphatic heterocycles. The van der Waals surface area contributed by atoms with E-state index in [9.17, 15) is 13.2 Å². The Labute approximate surface area is 89.3 Å². The average molecular weight is 228 g/mol. The smallest absolute Gasteiger partial charge is 0.330 e. The highest BCUT2D eigenvalue weighted by Crippen LogP contribution is 2.52. The van der Waals surface area contributed by atoms with Gasteiger partial charge in [0.25, 0.3) is 0 Å². The summed E-state index contributed by atoms with van der Waals surface area (Å²) in [5, 5.41) is 0. The molecule has 1 aromatic rings. The standard InChI is InChI=1S/C11H7F3O2/c12-11(13,14)16-10-6-5-9(15-10)7-3-1-2-4-8(7)10/h1-6,9H. The van der Waals surface area contributed by atoms with E-state index in [4.69, 9.17) is 4.74 Å². The van der Waals surface area contributed by atoms with E-state index in [0.717, 1.165) is 5.56 Å². The monoisotopic (exact) mass is 228 g/mol. The van der Waals surface area contributed by atoms with Crippen molar-refractivity contribution in [2.75, 3.05) is 0 Å². The summed E-state index contributed by atoms with van der Waals surface area (Å²) in [5.74, 6) is -1.78. The summed E-state index contributed by atoms with van der Waals surface area (Å²) in [5.41, 5.74) is 1.16. The Kier molecular flexibility index (Phi) is 1.77. The van der Waals surface area contributed by atoms with Crippen LogP contribution in [0.15, 0.2) is 36.4 Å². The number of alkyl halides is 3. The zero-order valence-electron chi connectivity index (χ0n) is 7.99. The van der Waals surface area contributed by atoms with Crippen molar-refractivity contribution in [3.8, 4) is 0 Å². The van der Waals surface area contributed by atoms with E-state index in [1.54, 1.807) is 30.3 Å². The maximum Gasteiger partial charge on any atom is 0.525 e. The highest BCUT2D eigenvalue weighted by atomic mass is 19.4. The molecule has 2 heterocycles. The third-order valence-corrected chi connectivity index (χ3v) is 2.70. The van der Waals surface area contributed by atoms with Crippen LogP contribution in [0.4, 0.5) is 13.2 Å². The lowest BCUT2D eigenvalue weighted by molar-refractivity contribution is -0.405. The maximum absolute atomic E-state index is 12.3. The summed E-state index contributed by atoms with van der Waals surface area (Å²) in [6, 6.07) is 6.76. The summed E-state index contributed by atoms with van der Waals surface area (Å²) in [6.07, 6.45) is -2.27. The van der Waals surface area contributed by atoms with E-state index < -0.39 is 18.3 Å². The van der Waals surface area contributed by atoms with E-state index >= 15 is 0 Å².